The quantitative estimate of drug-likeness (QED) is 0.545. The summed E-state index contributed by atoms with van der Waals surface area (Å²) in [4.78, 5) is 22.3. The fraction of sp³-hybridized carbons (Fsp3) is 0.846. The monoisotopic (exact) mass is 270 g/mol. The topological polar surface area (TPSA) is 87.7 Å². The van der Waals surface area contributed by atoms with E-state index >= 15 is 0 Å². The Morgan fingerprint density at radius 1 is 1.26 bits per heavy atom. The largest absolute Gasteiger partial charge is 0.481 e. The van der Waals surface area contributed by atoms with Gasteiger partial charge in [0.1, 0.15) is 0 Å². The normalized spacial score (nSPS) is 19.8. The van der Waals surface area contributed by atoms with Crippen molar-refractivity contribution >= 4 is 12.0 Å². The smallest absolute Gasteiger partial charge is 0.315 e. The van der Waals surface area contributed by atoms with Crippen molar-refractivity contribution in [2.24, 2.45) is 11.8 Å². The highest BCUT2D eigenvalue weighted by atomic mass is 16.5. The molecule has 2 saturated carbocycles. The van der Waals surface area contributed by atoms with Crippen LogP contribution in [-0.4, -0.2) is 42.9 Å². The molecule has 6 nitrogen and oxygen atoms in total. The minimum atomic E-state index is -0.870. The van der Waals surface area contributed by atoms with Crippen LogP contribution in [0.15, 0.2) is 0 Å². The highest BCUT2D eigenvalue weighted by Gasteiger charge is 2.33. The molecule has 2 aliphatic carbocycles. The summed E-state index contributed by atoms with van der Waals surface area (Å²) in [6, 6.07) is -0.543. The molecule has 2 amide bonds. The van der Waals surface area contributed by atoms with E-state index in [9.17, 15) is 9.59 Å². The molecular formula is C13H22N2O4. The van der Waals surface area contributed by atoms with Crippen LogP contribution in [0.2, 0.25) is 0 Å². The molecule has 1 unspecified atom stereocenters. The lowest BCUT2D eigenvalue weighted by Crippen LogP contribution is -2.45. The molecule has 108 valence electrons. The summed E-state index contributed by atoms with van der Waals surface area (Å²) in [5, 5.41) is 14.2. The SMILES string of the molecule is O=C(O)CC(NC(=O)NCCOCC1CC1)C1CC1. The maximum Gasteiger partial charge on any atom is 0.315 e. The zero-order valence-corrected chi connectivity index (χ0v) is 11.1. The number of urea groups is 1. The van der Waals surface area contributed by atoms with Gasteiger partial charge in [0, 0.05) is 19.2 Å². The van der Waals surface area contributed by atoms with Crippen molar-refractivity contribution in [2.75, 3.05) is 19.8 Å². The lowest BCUT2D eigenvalue weighted by molar-refractivity contribution is -0.137. The Labute approximate surface area is 112 Å². The average Bonchev–Trinajstić information content (AvgIpc) is 3.20. The number of nitrogens with one attached hydrogen (secondary N) is 2. The van der Waals surface area contributed by atoms with Crippen molar-refractivity contribution in [3.8, 4) is 0 Å². The van der Waals surface area contributed by atoms with Crippen molar-refractivity contribution in [2.45, 2.75) is 38.1 Å². The Morgan fingerprint density at radius 3 is 2.58 bits per heavy atom. The molecular weight excluding hydrogens is 248 g/mol. The number of carbonyl (C=O) groups is 2. The lowest BCUT2D eigenvalue weighted by Gasteiger charge is -2.16. The molecule has 0 aliphatic heterocycles. The van der Waals surface area contributed by atoms with Crippen LogP contribution in [-0.2, 0) is 9.53 Å². The molecule has 2 fully saturated rings. The summed E-state index contributed by atoms with van der Waals surface area (Å²) in [5.74, 6) is 0.182. The van der Waals surface area contributed by atoms with Gasteiger partial charge >= 0.3 is 12.0 Å². The molecule has 6 heteroatoms. The minimum Gasteiger partial charge on any atom is -0.481 e. The molecule has 0 spiro atoms. The molecule has 19 heavy (non-hydrogen) atoms. The van der Waals surface area contributed by atoms with Crippen LogP contribution in [0.5, 0.6) is 0 Å². The van der Waals surface area contributed by atoms with Crippen molar-refractivity contribution in [3.63, 3.8) is 0 Å². The van der Waals surface area contributed by atoms with E-state index in [-0.39, 0.29) is 18.5 Å². The number of aliphatic carboxylic acids is 1. The maximum atomic E-state index is 11.6. The third-order valence-corrected chi connectivity index (χ3v) is 3.48. The minimum absolute atomic E-state index is 0.00370. The van der Waals surface area contributed by atoms with Crippen LogP contribution in [0.3, 0.4) is 0 Å². The van der Waals surface area contributed by atoms with Gasteiger partial charge in [-0.3, -0.25) is 4.79 Å². The van der Waals surface area contributed by atoms with Gasteiger partial charge in [-0.15, -0.1) is 0 Å². The number of rotatable bonds is 9. The third-order valence-electron chi connectivity index (χ3n) is 3.48. The Kier molecular flexibility index (Phi) is 5.01. The third kappa shape index (κ3) is 5.92. The van der Waals surface area contributed by atoms with Crippen LogP contribution < -0.4 is 10.6 Å². The second kappa shape index (κ2) is 6.75. The van der Waals surface area contributed by atoms with Crippen LogP contribution in [0.4, 0.5) is 4.79 Å². The van der Waals surface area contributed by atoms with Gasteiger partial charge in [-0.1, -0.05) is 0 Å². The first-order valence-electron chi connectivity index (χ1n) is 6.99. The van der Waals surface area contributed by atoms with E-state index in [1.807, 2.05) is 0 Å². The molecule has 0 saturated heterocycles. The van der Waals surface area contributed by atoms with Crippen molar-refractivity contribution < 1.29 is 19.4 Å². The highest BCUT2D eigenvalue weighted by molar-refractivity contribution is 5.75. The van der Waals surface area contributed by atoms with Gasteiger partial charge in [-0.25, -0.2) is 4.79 Å². The average molecular weight is 270 g/mol. The lowest BCUT2D eigenvalue weighted by atomic mass is 10.1. The Hall–Kier alpha value is -1.30. The van der Waals surface area contributed by atoms with Crippen LogP contribution >= 0.6 is 0 Å². The van der Waals surface area contributed by atoms with E-state index in [1.165, 1.54) is 12.8 Å². The van der Waals surface area contributed by atoms with E-state index in [2.05, 4.69) is 10.6 Å². The Morgan fingerprint density at radius 2 is 2.00 bits per heavy atom. The fourth-order valence-electron chi connectivity index (χ4n) is 2.01. The number of amides is 2. The molecule has 0 bridgehead atoms. The summed E-state index contributed by atoms with van der Waals surface area (Å²) in [7, 11) is 0. The number of carbonyl (C=O) groups excluding carboxylic acids is 1. The van der Waals surface area contributed by atoms with Crippen molar-refractivity contribution in [1.82, 2.24) is 10.6 Å². The first kappa shape index (κ1) is 14.1. The van der Waals surface area contributed by atoms with E-state index < -0.39 is 5.97 Å². The van der Waals surface area contributed by atoms with Crippen LogP contribution in [0, 0.1) is 11.8 Å². The molecule has 1 atom stereocenters. The van der Waals surface area contributed by atoms with Gasteiger partial charge in [0.25, 0.3) is 0 Å². The zero-order chi connectivity index (χ0) is 13.7. The number of hydrogen-bond acceptors (Lipinski definition) is 3. The standard InChI is InChI=1S/C13H22N2O4/c16-12(17)7-11(10-3-4-10)15-13(18)14-5-6-19-8-9-1-2-9/h9-11H,1-8H2,(H,16,17)(H2,14,15,18). The highest BCUT2D eigenvalue weighted by Crippen LogP contribution is 2.33. The summed E-state index contributed by atoms with van der Waals surface area (Å²) in [6.45, 7) is 1.76. The van der Waals surface area contributed by atoms with Gasteiger partial charge < -0.3 is 20.5 Å². The predicted molar refractivity (Wildman–Crippen MR) is 68.8 cm³/mol. The van der Waals surface area contributed by atoms with Gasteiger partial charge in [-0.05, 0) is 37.5 Å². The van der Waals surface area contributed by atoms with Crippen molar-refractivity contribution in [3.05, 3.63) is 0 Å². The van der Waals surface area contributed by atoms with Gasteiger partial charge in [0.2, 0.25) is 0 Å². The zero-order valence-electron chi connectivity index (χ0n) is 11.1. The maximum absolute atomic E-state index is 11.6. The van der Waals surface area contributed by atoms with E-state index in [1.54, 1.807) is 0 Å². The second-order valence-corrected chi connectivity index (χ2v) is 5.46. The van der Waals surface area contributed by atoms with E-state index in [0.717, 1.165) is 25.4 Å². The van der Waals surface area contributed by atoms with Crippen LogP contribution in [0.1, 0.15) is 32.1 Å². The van der Waals surface area contributed by atoms with Gasteiger partial charge in [0.15, 0.2) is 0 Å². The van der Waals surface area contributed by atoms with E-state index in [0.29, 0.717) is 19.1 Å². The molecule has 3 N–H and O–H groups in total. The first-order chi connectivity index (χ1) is 9.15. The van der Waals surface area contributed by atoms with Crippen LogP contribution in [0.25, 0.3) is 0 Å². The second-order valence-electron chi connectivity index (χ2n) is 5.46. The molecule has 2 rings (SSSR count). The first-order valence-corrected chi connectivity index (χ1v) is 6.99. The predicted octanol–water partition coefficient (Wildman–Crippen LogP) is 0.965. The Bertz CT molecular complexity index is 327. The molecule has 0 aromatic rings. The molecule has 0 heterocycles. The summed E-state index contributed by atoms with van der Waals surface area (Å²) in [6.07, 6.45) is 4.51. The van der Waals surface area contributed by atoms with Crippen molar-refractivity contribution in [1.29, 1.82) is 0 Å². The van der Waals surface area contributed by atoms with Gasteiger partial charge in [-0.2, -0.15) is 0 Å². The number of carboxylic acids is 1. The molecule has 0 aromatic carbocycles. The summed E-state index contributed by atoms with van der Waals surface area (Å²) in [5.41, 5.74) is 0. The molecule has 0 aromatic heterocycles. The summed E-state index contributed by atoms with van der Waals surface area (Å²) < 4.78 is 5.40. The Balaban J connectivity index is 1.54. The fourth-order valence-corrected chi connectivity index (χ4v) is 2.01. The molecule has 2 aliphatic rings. The number of hydrogen-bond donors (Lipinski definition) is 3. The summed E-state index contributed by atoms with van der Waals surface area (Å²) >= 11 is 0. The van der Waals surface area contributed by atoms with E-state index in [4.69, 9.17) is 9.84 Å². The number of carboxylic acid groups (broad SMARTS) is 1. The van der Waals surface area contributed by atoms with Gasteiger partial charge in [0.05, 0.1) is 13.0 Å². The molecule has 0 radical (unpaired) electrons. The number of ether oxygens (including phenoxy) is 1.